The molecule has 1 rings (SSSR count). The summed E-state index contributed by atoms with van der Waals surface area (Å²) in [5.74, 6) is -0.271. The van der Waals surface area contributed by atoms with Gasteiger partial charge in [-0.3, -0.25) is 15.0 Å². The largest absolute Gasteiger partial charge is 0.379 e. The van der Waals surface area contributed by atoms with Gasteiger partial charge in [0.05, 0.1) is 19.3 Å². The molecule has 0 unspecified atom stereocenters. The number of nitrogens with one attached hydrogen (secondary N) is 2. The van der Waals surface area contributed by atoms with E-state index in [0.717, 1.165) is 13.1 Å². The van der Waals surface area contributed by atoms with E-state index in [-0.39, 0.29) is 11.9 Å². The fraction of sp³-hybridized carbons (Fsp3) is 0.800. The zero-order valence-electron chi connectivity index (χ0n) is 9.78. The van der Waals surface area contributed by atoms with E-state index in [1.807, 2.05) is 4.90 Å². The first-order valence-electron chi connectivity index (χ1n) is 5.55. The number of hydrogen-bond donors (Lipinski definition) is 2. The normalized spacial score (nSPS) is 18.9. The Kier molecular flexibility index (Phi) is 5.21. The number of carbonyl (C=O) groups is 2. The van der Waals surface area contributed by atoms with Crippen molar-refractivity contribution in [3.05, 3.63) is 0 Å². The van der Waals surface area contributed by atoms with Crippen LogP contribution in [0.4, 0.5) is 4.79 Å². The Morgan fingerprint density at radius 1 is 1.38 bits per heavy atom. The maximum atomic E-state index is 11.7. The van der Waals surface area contributed by atoms with Crippen LogP contribution in [0.1, 0.15) is 13.8 Å². The summed E-state index contributed by atoms with van der Waals surface area (Å²) in [5, 5.41) is 4.83. The lowest BCUT2D eigenvalue weighted by molar-refractivity contribution is -0.126. The molecule has 0 bridgehead atoms. The minimum Gasteiger partial charge on any atom is -0.379 e. The first-order valence-corrected chi connectivity index (χ1v) is 5.55. The van der Waals surface area contributed by atoms with Crippen molar-refractivity contribution in [3.63, 3.8) is 0 Å². The van der Waals surface area contributed by atoms with Gasteiger partial charge < -0.3 is 10.1 Å². The van der Waals surface area contributed by atoms with Crippen molar-refractivity contribution < 1.29 is 14.3 Å². The van der Waals surface area contributed by atoms with E-state index >= 15 is 0 Å². The highest BCUT2D eigenvalue weighted by molar-refractivity contribution is 5.96. The summed E-state index contributed by atoms with van der Waals surface area (Å²) in [6.45, 7) is 6.83. The Morgan fingerprint density at radius 2 is 2.00 bits per heavy atom. The summed E-state index contributed by atoms with van der Waals surface area (Å²) >= 11 is 0. The highest BCUT2D eigenvalue weighted by atomic mass is 16.5. The van der Waals surface area contributed by atoms with Crippen LogP contribution in [0, 0.1) is 0 Å². The number of hydrogen-bond acceptors (Lipinski definition) is 4. The second-order valence-electron chi connectivity index (χ2n) is 3.67. The van der Waals surface area contributed by atoms with Gasteiger partial charge in [-0.15, -0.1) is 0 Å². The van der Waals surface area contributed by atoms with E-state index in [1.165, 1.54) is 0 Å². The second kappa shape index (κ2) is 6.44. The van der Waals surface area contributed by atoms with Gasteiger partial charge in [0.25, 0.3) is 0 Å². The lowest BCUT2D eigenvalue weighted by Crippen LogP contribution is -2.52. The van der Waals surface area contributed by atoms with Crippen LogP contribution in [0.15, 0.2) is 0 Å². The van der Waals surface area contributed by atoms with Crippen LogP contribution in [0.25, 0.3) is 0 Å². The minimum absolute atomic E-state index is 0.271. The van der Waals surface area contributed by atoms with Gasteiger partial charge in [-0.05, 0) is 13.8 Å². The van der Waals surface area contributed by atoms with E-state index in [9.17, 15) is 9.59 Å². The summed E-state index contributed by atoms with van der Waals surface area (Å²) in [5.41, 5.74) is 0. The molecule has 0 radical (unpaired) electrons. The zero-order valence-corrected chi connectivity index (χ0v) is 9.78. The van der Waals surface area contributed by atoms with Gasteiger partial charge >= 0.3 is 6.03 Å². The Labute approximate surface area is 95.3 Å². The molecule has 0 aromatic carbocycles. The SMILES string of the molecule is CCNC(=O)NC(=O)[C@@H](C)N1CCOCC1. The van der Waals surface area contributed by atoms with Gasteiger partial charge in [0.15, 0.2) is 0 Å². The summed E-state index contributed by atoms with van der Waals surface area (Å²) in [4.78, 5) is 24.8. The van der Waals surface area contributed by atoms with Gasteiger partial charge in [0.1, 0.15) is 0 Å². The third-order valence-corrected chi connectivity index (χ3v) is 2.55. The Balaban J connectivity index is 2.37. The van der Waals surface area contributed by atoms with Crippen LogP contribution in [0.2, 0.25) is 0 Å². The van der Waals surface area contributed by atoms with Crippen molar-refractivity contribution in [2.24, 2.45) is 0 Å². The quantitative estimate of drug-likeness (QED) is 0.688. The summed E-state index contributed by atoms with van der Waals surface area (Å²) < 4.78 is 5.20. The van der Waals surface area contributed by atoms with Gasteiger partial charge in [0, 0.05) is 19.6 Å². The Hall–Kier alpha value is -1.14. The average molecular weight is 229 g/mol. The third kappa shape index (κ3) is 3.79. The molecule has 1 aliphatic heterocycles. The molecule has 6 nitrogen and oxygen atoms in total. The Morgan fingerprint density at radius 3 is 2.56 bits per heavy atom. The van der Waals surface area contributed by atoms with Crippen molar-refractivity contribution in [2.75, 3.05) is 32.8 Å². The molecule has 3 amide bonds. The smallest absolute Gasteiger partial charge is 0.321 e. The summed E-state index contributed by atoms with van der Waals surface area (Å²) in [7, 11) is 0. The van der Waals surface area contributed by atoms with Crippen molar-refractivity contribution in [1.82, 2.24) is 15.5 Å². The number of morpholine rings is 1. The molecule has 6 heteroatoms. The van der Waals surface area contributed by atoms with Gasteiger partial charge in [0.2, 0.25) is 5.91 Å². The molecule has 1 saturated heterocycles. The fourth-order valence-electron chi connectivity index (χ4n) is 1.55. The van der Waals surface area contributed by atoms with Crippen molar-refractivity contribution in [3.8, 4) is 0 Å². The van der Waals surface area contributed by atoms with Crippen LogP contribution < -0.4 is 10.6 Å². The van der Waals surface area contributed by atoms with Gasteiger partial charge in [-0.2, -0.15) is 0 Å². The summed E-state index contributed by atoms with van der Waals surface area (Å²) in [6, 6.07) is -0.737. The first-order chi connectivity index (χ1) is 7.65. The lowest BCUT2D eigenvalue weighted by atomic mass is 10.2. The predicted octanol–water partition coefficient (Wildman–Crippen LogP) is -0.447. The predicted molar refractivity (Wildman–Crippen MR) is 59.1 cm³/mol. The first kappa shape index (κ1) is 12.9. The molecule has 0 spiro atoms. The number of nitrogens with zero attached hydrogens (tertiary/aromatic N) is 1. The molecule has 0 aromatic heterocycles. The molecule has 1 atom stereocenters. The van der Waals surface area contributed by atoms with E-state index in [1.54, 1.807) is 13.8 Å². The Bertz CT molecular complexity index is 252. The van der Waals surface area contributed by atoms with E-state index in [0.29, 0.717) is 19.8 Å². The maximum absolute atomic E-state index is 11.7. The van der Waals surface area contributed by atoms with E-state index in [2.05, 4.69) is 10.6 Å². The van der Waals surface area contributed by atoms with Crippen LogP contribution in [0.3, 0.4) is 0 Å². The molecule has 1 aliphatic rings. The molecule has 16 heavy (non-hydrogen) atoms. The molecule has 2 N–H and O–H groups in total. The van der Waals surface area contributed by atoms with Gasteiger partial charge in [-0.1, -0.05) is 0 Å². The molecular weight excluding hydrogens is 210 g/mol. The fourth-order valence-corrected chi connectivity index (χ4v) is 1.55. The monoisotopic (exact) mass is 229 g/mol. The number of rotatable bonds is 3. The summed E-state index contributed by atoms with van der Waals surface area (Å²) in [6.07, 6.45) is 0. The molecule has 1 fully saturated rings. The number of urea groups is 1. The zero-order chi connectivity index (χ0) is 12.0. The number of ether oxygens (including phenoxy) is 1. The lowest BCUT2D eigenvalue weighted by Gasteiger charge is -2.31. The van der Waals surface area contributed by atoms with Crippen molar-refractivity contribution in [1.29, 1.82) is 0 Å². The maximum Gasteiger partial charge on any atom is 0.321 e. The standard InChI is InChI=1S/C10H19N3O3/c1-3-11-10(15)12-9(14)8(2)13-4-6-16-7-5-13/h8H,3-7H2,1-2H3,(H2,11,12,14,15)/t8-/m1/s1. The van der Waals surface area contributed by atoms with Crippen LogP contribution >= 0.6 is 0 Å². The van der Waals surface area contributed by atoms with Crippen molar-refractivity contribution in [2.45, 2.75) is 19.9 Å². The molecular formula is C10H19N3O3. The van der Waals surface area contributed by atoms with Gasteiger partial charge in [-0.25, -0.2) is 4.79 Å². The molecule has 0 saturated carbocycles. The second-order valence-corrected chi connectivity index (χ2v) is 3.67. The average Bonchev–Trinajstić information content (AvgIpc) is 2.29. The van der Waals surface area contributed by atoms with E-state index in [4.69, 9.17) is 4.74 Å². The third-order valence-electron chi connectivity index (χ3n) is 2.55. The highest BCUT2D eigenvalue weighted by Crippen LogP contribution is 2.03. The van der Waals surface area contributed by atoms with Crippen LogP contribution in [-0.2, 0) is 9.53 Å². The molecule has 1 heterocycles. The molecule has 92 valence electrons. The van der Waals surface area contributed by atoms with Crippen molar-refractivity contribution >= 4 is 11.9 Å². The van der Waals surface area contributed by atoms with Crippen LogP contribution in [0.5, 0.6) is 0 Å². The molecule has 0 aliphatic carbocycles. The van der Waals surface area contributed by atoms with E-state index < -0.39 is 6.03 Å². The molecule has 0 aromatic rings. The highest BCUT2D eigenvalue weighted by Gasteiger charge is 2.23. The topological polar surface area (TPSA) is 70.7 Å². The number of amides is 3. The minimum atomic E-state index is -0.437. The number of carbonyl (C=O) groups excluding carboxylic acids is 2. The number of imide groups is 1. The van der Waals surface area contributed by atoms with Crippen LogP contribution in [-0.4, -0.2) is 55.7 Å².